The number of rotatable bonds is 3. The fourth-order valence-electron chi connectivity index (χ4n) is 1.59. The minimum atomic E-state index is -0.294. The molecule has 2 rings (SSSR count). The summed E-state index contributed by atoms with van der Waals surface area (Å²) in [5.41, 5.74) is 1.21. The number of Topliss-reactive ketones (excluding diaryl/α,β-unsaturated/α-hetero) is 1. The topological polar surface area (TPSA) is 57.5 Å². The first-order valence-electron chi connectivity index (χ1n) is 5.36. The van der Waals surface area contributed by atoms with E-state index in [9.17, 15) is 9.90 Å². The molecule has 0 amide bonds. The molecule has 2 aromatic rings. The number of benzene rings is 2. The first-order valence-corrected chi connectivity index (χ1v) is 5.73. The van der Waals surface area contributed by atoms with Crippen molar-refractivity contribution in [2.45, 2.75) is 6.42 Å². The van der Waals surface area contributed by atoms with E-state index in [4.69, 9.17) is 16.7 Å². The SMILES string of the molecule is O=C(Cc1ccc(Cl)cc1)c1ccc(O)c(O)c1. The Morgan fingerprint density at radius 3 is 2.28 bits per heavy atom. The number of phenolic OH excluding ortho intramolecular Hbond substituents is 2. The Morgan fingerprint density at radius 2 is 1.67 bits per heavy atom. The van der Waals surface area contributed by atoms with Gasteiger partial charge < -0.3 is 10.2 Å². The second-order valence-corrected chi connectivity index (χ2v) is 4.37. The minimum absolute atomic E-state index is 0.132. The summed E-state index contributed by atoms with van der Waals surface area (Å²) in [7, 11) is 0. The Balaban J connectivity index is 2.16. The third kappa shape index (κ3) is 2.81. The molecule has 3 nitrogen and oxygen atoms in total. The van der Waals surface area contributed by atoms with Gasteiger partial charge in [-0.1, -0.05) is 23.7 Å². The molecule has 0 spiro atoms. The highest BCUT2D eigenvalue weighted by molar-refractivity contribution is 6.30. The first-order chi connectivity index (χ1) is 8.56. The van der Waals surface area contributed by atoms with Gasteiger partial charge in [-0.2, -0.15) is 0 Å². The van der Waals surface area contributed by atoms with Gasteiger partial charge in [-0.15, -0.1) is 0 Å². The van der Waals surface area contributed by atoms with E-state index in [1.807, 2.05) is 0 Å². The van der Waals surface area contributed by atoms with Gasteiger partial charge >= 0.3 is 0 Å². The van der Waals surface area contributed by atoms with Crippen LogP contribution in [0.15, 0.2) is 42.5 Å². The molecular formula is C14H11ClO3. The molecule has 0 aliphatic rings. The Hall–Kier alpha value is -2.00. The van der Waals surface area contributed by atoms with Gasteiger partial charge in [0.2, 0.25) is 0 Å². The van der Waals surface area contributed by atoms with Crippen molar-refractivity contribution in [3.8, 4) is 11.5 Å². The summed E-state index contributed by atoms with van der Waals surface area (Å²) in [6.45, 7) is 0. The van der Waals surface area contributed by atoms with E-state index < -0.39 is 0 Å². The molecule has 18 heavy (non-hydrogen) atoms. The molecule has 0 saturated carbocycles. The van der Waals surface area contributed by atoms with Crippen molar-refractivity contribution in [3.63, 3.8) is 0 Å². The van der Waals surface area contributed by atoms with Gasteiger partial charge in [0.1, 0.15) is 0 Å². The van der Waals surface area contributed by atoms with Crippen molar-refractivity contribution in [3.05, 3.63) is 58.6 Å². The molecule has 0 aromatic heterocycles. The largest absolute Gasteiger partial charge is 0.504 e. The maximum Gasteiger partial charge on any atom is 0.167 e. The third-order valence-corrected chi connectivity index (χ3v) is 2.83. The van der Waals surface area contributed by atoms with Crippen molar-refractivity contribution in [1.29, 1.82) is 0 Å². The van der Waals surface area contributed by atoms with Crippen molar-refractivity contribution < 1.29 is 15.0 Å². The lowest BCUT2D eigenvalue weighted by Gasteiger charge is -2.03. The minimum Gasteiger partial charge on any atom is -0.504 e. The van der Waals surface area contributed by atoms with Crippen LogP contribution in [0.1, 0.15) is 15.9 Å². The second kappa shape index (κ2) is 5.10. The highest BCUT2D eigenvalue weighted by atomic mass is 35.5. The summed E-state index contributed by atoms with van der Waals surface area (Å²) < 4.78 is 0. The zero-order valence-corrected chi connectivity index (χ0v) is 10.2. The summed E-state index contributed by atoms with van der Waals surface area (Å²) in [4.78, 5) is 11.9. The van der Waals surface area contributed by atoms with Gasteiger partial charge in [0.25, 0.3) is 0 Å². The lowest BCUT2D eigenvalue weighted by Crippen LogP contribution is -2.03. The van der Waals surface area contributed by atoms with Crippen LogP contribution in [-0.2, 0) is 6.42 Å². The average molecular weight is 263 g/mol. The van der Waals surface area contributed by atoms with Crippen molar-refractivity contribution >= 4 is 17.4 Å². The molecule has 0 heterocycles. The van der Waals surface area contributed by atoms with Crippen LogP contribution in [0, 0.1) is 0 Å². The van der Waals surface area contributed by atoms with E-state index in [0.717, 1.165) is 5.56 Å². The molecule has 92 valence electrons. The van der Waals surface area contributed by atoms with E-state index in [0.29, 0.717) is 10.6 Å². The van der Waals surface area contributed by atoms with Gasteiger partial charge in [-0.3, -0.25) is 4.79 Å². The standard InChI is InChI=1S/C14H11ClO3/c15-11-4-1-9(2-5-11)7-13(17)10-3-6-12(16)14(18)8-10/h1-6,8,16,18H,7H2. The maximum absolute atomic E-state index is 11.9. The molecular weight excluding hydrogens is 252 g/mol. The smallest absolute Gasteiger partial charge is 0.167 e. The molecule has 0 atom stereocenters. The Labute approximate surface area is 109 Å². The summed E-state index contributed by atoms with van der Waals surface area (Å²) in [5.74, 6) is -0.664. The van der Waals surface area contributed by atoms with Crippen LogP contribution in [0.25, 0.3) is 0 Å². The van der Waals surface area contributed by atoms with E-state index in [1.165, 1.54) is 18.2 Å². The molecule has 2 N–H and O–H groups in total. The number of carbonyl (C=O) groups excluding carboxylic acids is 1. The summed E-state index contributed by atoms with van der Waals surface area (Å²) >= 11 is 5.76. The van der Waals surface area contributed by atoms with Crippen LogP contribution in [-0.4, -0.2) is 16.0 Å². The number of halogens is 1. The normalized spacial score (nSPS) is 10.3. The molecule has 0 aliphatic heterocycles. The number of phenols is 2. The van der Waals surface area contributed by atoms with Crippen LogP contribution >= 0.6 is 11.6 Å². The predicted octanol–water partition coefficient (Wildman–Crippen LogP) is 3.18. The van der Waals surface area contributed by atoms with Crippen LogP contribution in [0.2, 0.25) is 5.02 Å². The number of hydrogen-bond donors (Lipinski definition) is 2. The fourth-order valence-corrected chi connectivity index (χ4v) is 1.71. The quantitative estimate of drug-likeness (QED) is 0.660. The summed E-state index contributed by atoms with van der Waals surface area (Å²) in [5, 5.41) is 19.1. The van der Waals surface area contributed by atoms with Crippen molar-refractivity contribution in [2.24, 2.45) is 0 Å². The first kappa shape index (κ1) is 12.5. The molecule has 2 aromatic carbocycles. The highest BCUT2D eigenvalue weighted by Crippen LogP contribution is 2.25. The fraction of sp³-hybridized carbons (Fsp3) is 0.0714. The van der Waals surface area contributed by atoms with Crippen LogP contribution < -0.4 is 0 Å². The van der Waals surface area contributed by atoms with E-state index >= 15 is 0 Å². The van der Waals surface area contributed by atoms with Crippen molar-refractivity contribution in [1.82, 2.24) is 0 Å². The van der Waals surface area contributed by atoms with Gasteiger partial charge in [0, 0.05) is 17.0 Å². The highest BCUT2D eigenvalue weighted by Gasteiger charge is 2.09. The Bertz CT molecular complexity index is 576. The lowest BCUT2D eigenvalue weighted by atomic mass is 10.0. The summed E-state index contributed by atoms with van der Waals surface area (Å²) in [6.07, 6.45) is 0.224. The Morgan fingerprint density at radius 1 is 1.00 bits per heavy atom. The molecule has 0 fully saturated rings. The van der Waals surface area contributed by atoms with Crippen LogP contribution in [0.3, 0.4) is 0 Å². The Kier molecular flexibility index (Phi) is 3.53. The second-order valence-electron chi connectivity index (χ2n) is 3.93. The van der Waals surface area contributed by atoms with Gasteiger partial charge in [-0.25, -0.2) is 0 Å². The van der Waals surface area contributed by atoms with Crippen LogP contribution in [0.5, 0.6) is 11.5 Å². The lowest BCUT2D eigenvalue weighted by molar-refractivity contribution is 0.0992. The maximum atomic E-state index is 11.9. The molecule has 0 aliphatic carbocycles. The van der Waals surface area contributed by atoms with Crippen molar-refractivity contribution in [2.75, 3.05) is 0 Å². The zero-order chi connectivity index (χ0) is 13.1. The summed E-state index contributed by atoms with van der Waals surface area (Å²) in [6, 6.07) is 11.0. The van der Waals surface area contributed by atoms with E-state index in [2.05, 4.69) is 0 Å². The molecule has 0 saturated heterocycles. The molecule has 0 radical (unpaired) electrons. The van der Waals surface area contributed by atoms with Gasteiger partial charge in [0.15, 0.2) is 17.3 Å². The molecule has 0 bridgehead atoms. The molecule has 4 heteroatoms. The number of hydrogen-bond acceptors (Lipinski definition) is 3. The van der Waals surface area contributed by atoms with Gasteiger partial charge in [-0.05, 0) is 35.9 Å². The van der Waals surface area contributed by atoms with Crippen LogP contribution in [0.4, 0.5) is 0 Å². The van der Waals surface area contributed by atoms with Gasteiger partial charge in [0.05, 0.1) is 0 Å². The number of carbonyl (C=O) groups is 1. The number of aromatic hydroxyl groups is 2. The van der Waals surface area contributed by atoms with E-state index in [1.54, 1.807) is 24.3 Å². The average Bonchev–Trinajstić information content (AvgIpc) is 2.35. The monoisotopic (exact) mass is 262 g/mol. The number of ketones is 1. The molecule has 0 unspecified atom stereocenters. The third-order valence-electron chi connectivity index (χ3n) is 2.58. The zero-order valence-electron chi connectivity index (χ0n) is 9.43. The predicted molar refractivity (Wildman–Crippen MR) is 69.3 cm³/mol. The van der Waals surface area contributed by atoms with E-state index in [-0.39, 0.29) is 23.7 Å².